The summed E-state index contributed by atoms with van der Waals surface area (Å²) in [7, 11) is 1.72. The summed E-state index contributed by atoms with van der Waals surface area (Å²) in [5.41, 5.74) is 3.80. The number of rotatable bonds is 4. The van der Waals surface area contributed by atoms with E-state index in [0.29, 0.717) is 29.7 Å². The molecular formula is C21H19F4N3O. The van der Waals surface area contributed by atoms with Crippen molar-refractivity contribution in [2.24, 2.45) is 0 Å². The van der Waals surface area contributed by atoms with Gasteiger partial charge in [-0.25, -0.2) is 9.37 Å². The van der Waals surface area contributed by atoms with Crippen LogP contribution < -0.4 is 15.0 Å². The molecule has 0 unspecified atom stereocenters. The number of aryl methyl sites for hydroxylation is 1. The molecule has 0 spiro atoms. The minimum Gasteiger partial charge on any atom is -0.482 e. The van der Waals surface area contributed by atoms with Gasteiger partial charge < -0.3 is 15.0 Å². The summed E-state index contributed by atoms with van der Waals surface area (Å²) in [5, 5.41) is 3.73. The van der Waals surface area contributed by atoms with Crippen LogP contribution in [-0.4, -0.2) is 31.4 Å². The highest BCUT2D eigenvalue weighted by Crippen LogP contribution is 2.45. The van der Waals surface area contributed by atoms with Crippen LogP contribution >= 0.6 is 0 Å². The molecule has 0 bridgehead atoms. The van der Waals surface area contributed by atoms with Gasteiger partial charge in [0.1, 0.15) is 22.9 Å². The Balaban J connectivity index is 1.89. The number of para-hydroxylation sites is 1. The molecule has 2 heterocycles. The van der Waals surface area contributed by atoms with E-state index in [1.807, 2.05) is 13.0 Å². The molecule has 0 fully saturated rings. The molecule has 0 atom stereocenters. The van der Waals surface area contributed by atoms with Crippen LogP contribution in [0.3, 0.4) is 0 Å². The van der Waals surface area contributed by atoms with E-state index in [1.54, 1.807) is 19.2 Å². The van der Waals surface area contributed by atoms with Crippen molar-refractivity contribution in [2.45, 2.75) is 19.5 Å². The van der Waals surface area contributed by atoms with Crippen molar-refractivity contribution >= 4 is 28.1 Å². The Morgan fingerprint density at radius 2 is 2.00 bits per heavy atom. The molecule has 29 heavy (non-hydrogen) atoms. The quantitative estimate of drug-likeness (QED) is 0.593. The number of nitrogens with one attached hydrogen (secondary N) is 1. The van der Waals surface area contributed by atoms with Crippen molar-refractivity contribution < 1.29 is 22.3 Å². The molecule has 4 rings (SSSR count). The highest BCUT2D eigenvalue weighted by molar-refractivity contribution is 6.02. The number of hydrogen-bond donors (Lipinski definition) is 1. The monoisotopic (exact) mass is 405 g/mol. The van der Waals surface area contributed by atoms with Crippen molar-refractivity contribution in [2.75, 3.05) is 30.4 Å². The lowest BCUT2D eigenvalue weighted by atomic mass is 10.1. The van der Waals surface area contributed by atoms with Gasteiger partial charge in [0.05, 0.1) is 5.69 Å². The van der Waals surface area contributed by atoms with Crippen LogP contribution in [0, 0.1) is 12.7 Å². The first-order valence-electron chi connectivity index (χ1n) is 9.15. The zero-order valence-corrected chi connectivity index (χ0v) is 15.9. The molecule has 1 N–H and O–H groups in total. The summed E-state index contributed by atoms with van der Waals surface area (Å²) in [6.07, 6.45) is -3.74. The molecule has 0 radical (unpaired) electrons. The molecule has 0 saturated carbocycles. The molecule has 2 aromatic carbocycles. The van der Waals surface area contributed by atoms with E-state index in [1.165, 1.54) is 18.2 Å². The Kier molecular flexibility index (Phi) is 4.72. The first-order chi connectivity index (χ1) is 13.8. The standard InChI is InChI=1S/C21H19F4N3O/c1-12-10-13(22)6-7-16(12)28-9-8-15-19(28)14-4-3-5-17(29-11-21(23,24)25)18(14)27-20(15)26-2/h3-7,10H,8-9,11H2,1-2H3,(H,26,27). The number of hydrogen-bond acceptors (Lipinski definition) is 4. The number of fused-ring (bicyclic) bond motifs is 3. The van der Waals surface area contributed by atoms with Gasteiger partial charge in [-0.15, -0.1) is 0 Å². The Bertz CT molecular complexity index is 1080. The van der Waals surface area contributed by atoms with Gasteiger partial charge in [0.25, 0.3) is 0 Å². The minimum absolute atomic E-state index is 0.0711. The first-order valence-corrected chi connectivity index (χ1v) is 9.15. The molecule has 4 nitrogen and oxygen atoms in total. The maximum absolute atomic E-state index is 13.6. The van der Waals surface area contributed by atoms with E-state index in [2.05, 4.69) is 15.2 Å². The average Bonchev–Trinajstić information content (AvgIpc) is 3.10. The fourth-order valence-corrected chi connectivity index (χ4v) is 3.81. The highest BCUT2D eigenvalue weighted by Gasteiger charge is 2.31. The molecule has 0 saturated heterocycles. The number of nitrogens with zero attached hydrogens (tertiary/aromatic N) is 2. The van der Waals surface area contributed by atoms with Crippen molar-refractivity contribution in [1.82, 2.24) is 4.98 Å². The van der Waals surface area contributed by atoms with E-state index in [4.69, 9.17) is 4.74 Å². The van der Waals surface area contributed by atoms with Crippen molar-refractivity contribution in [3.05, 3.63) is 53.3 Å². The maximum atomic E-state index is 13.6. The molecule has 152 valence electrons. The lowest BCUT2D eigenvalue weighted by molar-refractivity contribution is -0.153. The van der Waals surface area contributed by atoms with E-state index in [9.17, 15) is 17.6 Å². The summed E-state index contributed by atoms with van der Waals surface area (Å²) in [5.74, 6) is 0.351. The summed E-state index contributed by atoms with van der Waals surface area (Å²) in [6, 6.07) is 9.54. The normalized spacial score (nSPS) is 13.7. The van der Waals surface area contributed by atoms with E-state index < -0.39 is 12.8 Å². The van der Waals surface area contributed by atoms with Gasteiger partial charge in [0.15, 0.2) is 6.61 Å². The topological polar surface area (TPSA) is 37.4 Å². The van der Waals surface area contributed by atoms with E-state index in [0.717, 1.165) is 22.5 Å². The molecular weight excluding hydrogens is 386 g/mol. The second-order valence-electron chi connectivity index (χ2n) is 6.93. The number of ether oxygens (including phenoxy) is 1. The second kappa shape index (κ2) is 7.09. The molecule has 0 amide bonds. The highest BCUT2D eigenvalue weighted by atomic mass is 19.4. The number of aromatic nitrogens is 1. The minimum atomic E-state index is -4.44. The SMILES string of the molecule is CNc1nc2c(OCC(F)(F)F)cccc2c2c1CCN2c1ccc(F)cc1C. The second-order valence-corrected chi connectivity index (χ2v) is 6.93. The zero-order chi connectivity index (χ0) is 20.8. The number of benzene rings is 2. The largest absolute Gasteiger partial charge is 0.482 e. The summed E-state index contributed by atoms with van der Waals surface area (Å²) >= 11 is 0. The van der Waals surface area contributed by atoms with Crippen LogP contribution in [0.5, 0.6) is 5.75 Å². The van der Waals surface area contributed by atoms with Crippen molar-refractivity contribution in [1.29, 1.82) is 0 Å². The average molecular weight is 405 g/mol. The molecule has 1 aliphatic rings. The predicted molar refractivity (Wildman–Crippen MR) is 105 cm³/mol. The predicted octanol–water partition coefficient (Wildman–Crippen LogP) is 5.36. The van der Waals surface area contributed by atoms with Gasteiger partial charge in [0, 0.05) is 30.2 Å². The molecule has 8 heteroatoms. The number of alkyl halides is 3. The number of anilines is 3. The van der Waals surface area contributed by atoms with Crippen LogP contribution in [0.15, 0.2) is 36.4 Å². The van der Waals surface area contributed by atoms with Gasteiger partial charge in [-0.2, -0.15) is 13.2 Å². The Morgan fingerprint density at radius 3 is 2.69 bits per heavy atom. The third-order valence-corrected chi connectivity index (χ3v) is 4.98. The lowest BCUT2D eigenvalue weighted by Crippen LogP contribution is -2.19. The van der Waals surface area contributed by atoms with Crippen LogP contribution in [0.2, 0.25) is 0 Å². The Hall–Kier alpha value is -3.03. The van der Waals surface area contributed by atoms with Gasteiger partial charge in [-0.3, -0.25) is 0 Å². The lowest BCUT2D eigenvalue weighted by Gasteiger charge is -2.24. The van der Waals surface area contributed by atoms with E-state index >= 15 is 0 Å². The van der Waals surface area contributed by atoms with Crippen molar-refractivity contribution in [3.8, 4) is 5.75 Å². The van der Waals surface area contributed by atoms with Gasteiger partial charge in [-0.1, -0.05) is 12.1 Å². The smallest absolute Gasteiger partial charge is 0.422 e. The maximum Gasteiger partial charge on any atom is 0.422 e. The summed E-state index contributed by atoms with van der Waals surface area (Å²) in [6.45, 7) is 1.10. The third kappa shape index (κ3) is 3.54. The molecule has 1 aromatic heterocycles. The van der Waals surface area contributed by atoms with E-state index in [-0.39, 0.29) is 11.6 Å². The van der Waals surface area contributed by atoms with Gasteiger partial charge >= 0.3 is 6.18 Å². The van der Waals surface area contributed by atoms with Crippen molar-refractivity contribution in [3.63, 3.8) is 0 Å². The zero-order valence-electron chi connectivity index (χ0n) is 15.9. The number of halogens is 4. The third-order valence-electron chi connectivity index (χ3n) is 4.98. The fraction of sp³-hybridized carbons (Fsp3) is 0.286. The summed E-state index contributed by atoms with van der Waals surface area (Å²) in [4.78, 5) is 6.60. The Labute approximate surface area is 165 Å². The van der Waals surface area contributed by atoms with Gasteiger partial charge in [-0.05, 0) is 43.2 Å². The van der Waals surface area contributed by atoms with Crippen LogP contribution in [0.4, 0.5) is 34.8 Å². The Morgan fingerprint density at radius 1 is 1.21 bits per heavy atom. The van der Waals surface area contributed by atoms with Crippen LogP contribution in [-0.2, 0) is 6.42 Å². The molecule has 3 aromatic rings. The fourth-order valence-electron chi connectivity index (χ4n) is 3.81. The molecule has 1 aliphatic heterocycles. The first kappa shape index (κ1) is 19.3. The molecule has 0 aliphatic carbocycles. The summed E-state index contributed by atoms with van der Waals surface area (Å²) < 4.78 is 56.6. The number of pyridine rings is 1. The van der Waals surface area contributed by atoms with Crippen LogP contribution in [0.25, 0.3) is 10.9 Å². The van der Waals surface area contributed by atoms with Gasteiger partial charge in [0.2, 0.25) is 0 Å². The van der Waals surface area contributed by atoms with Crippen LogP contribution in [0.1, 0.15) is 11.1 Å².